The third kappa shape index (κ3) is 2.58. The summed E-state index contributed by atoms with van der Waals surface area (Å²) in [6.45, 7) is 3.56. The van der Waals surface area contributed by atoms with Crippen molar-refractivity contribution in [1.29, 1.82) is 0 Å². The van der Waals surface area contributed by atoms with Crippen LogP contribution in [-0.2, 0) is 11.2 Å². The first-order valence-corrected chi connectivity index (χ1v) is 9.38. The Morgan fingerprint density at radius 3 is 3.17 bits per heavy atom. The van der Waals surface area contributed by atoms with Crippen molar-refractivity contribution in [2.24, 2.45) is 11.8 Å². The summed E-state index contributed by atoms with van der Waals surface area (Å²) >= 11 is 1.58. The maximum atomic E-state index is 12.7. The summed E-state index contributed by atoms with van der Waals surface area (Å²) in [5.41, 5.74) is 0.261. The van der Waals surface area contributed by atoms with Crippen molar-refractivity contribution >= 4 is 22.2 Å². The number of likely N-dealkylation sites (tertiary alicyclic amines) is 1. The minimum Gasteiger partial charge on any atom is -0.390 e. The van der Waals surface area contributed by atoms with E-state index in [4.69, 9.17) is 0 Å². The van der Waals surface area contributed by atoms with E-state index in [0.29, 0.717) is 18.9 Å². The molecule has 23 heavy (non-hydrogen) atoms. The molecule has 3 atom stereocenters. The van der Waals surface area contributed by atoms with Gasteiger partial charge in [-0.05, 0) is 25.2 Å². The lowest BCUT2D eigenvalue weighted by atomic mass is 9.69. The first kappa shape index (κ1) is 15.1. The van der Waals surface area contributed by atoms with Crippen molar-refractivity contribution in [2.45, 2.75) is 44.6 Å². The molecule has 3 heterocycles. The van der Waals surface area contributed by atoms with Crippen molar-refractivity contribution in [3.05, 3.63) is 23.5 Å². The number of fused-ring (bicyclic) bond motifs is 2. The first-order chi connectivity index (χ1) is 11.1. The number of aliphatic hydroxyl groups is 1. The molecule has 1 N–H and O–H groups in total. The highest BCUT2D eigenvalue weighted by atomic mass is 32.1. The molecule has 0 bridgehead atoms. The Morgan fingerprint density at radius 2 is 2.39 bits per heavy atom. The molecule has 2 aromatic rings. The molecule has 2 fully saturated rings. The van der Waals surface area contributed by atoms with Gasteiger partial charge in [0.15, 0.2) is 4.96 Å². The molecular weight excluding hydrogens is 310 g/mol. The van der Waals surface area contributed by atoms with Crippen LogP contribution >= 0.6 is 11.3 Å². The lowest BCUT2D eigenvalue weighted by molar-refractivity contribution is -0.130. The topological polar surface area (TPSA) is 57.8 Å². The second-order valence-electron chi connectivity index (χ2n) is 7.02. The molecule has 1 saturated carbocycles. The molecule has 1 aliphatic heterocycles. The second-order valence-corrected chi connectivity index (χ2v) is 7.89. The minimum absolute atomic E-state index is 0.142. The van der Waals surface area contributed by atoms with Gasteiger partial charge >= 0.3 is 0 Å². The highest BCUT2D eigenvalue weighted by molar-refractivity contribution is 7.15. The van der Waals surface area contributed by atoms with E-state index in [-0.39, 0.29) is 11.8 Å². The maximum Gasteiger partial charge on any atom is 0.228 e. The molecule has 4 rings (SSSR count). The molecule has 0 unspecified atom stereocenters. The highest BCUT2D eigenvalue weighted by Gasteiger charge is 2.48. The molecule has 1 saturated heterocycles. The monoisotopic (exact) mass is 333 g/mol. The van der Waals surface area contributed by atoms with Crippen LogP contribution in [0.4, 0.5) is 0 Å². The predicted octanol–water partition coefficient (Wildman–Crippen LogP) is 2.34. The molecule has 2 aromatic heterocycles. The summed E-state index contributed by atoms with van der Waals surface area (Å²) in [4.78, 5) is 20.0. The SMILES string of the molecule is CC[C@]1(O)CCC[C@H]2CN(C(=O)Cc3cn4ccsc4n3)C[C@H]21. The number of hydrogen-bond acceptors (Lipinski definition) is 4. The van der Waals surface area contributed by atoms with Gasteiger partial charge in [0.1, 0.15) is 0 Å². The van der Waals surface area contributed by atoms with Crippen molar-refractivity contribution in [3.63, 3.8) is 0 Å². The molecule has 124 valence electrons. The van der Waals surface area contributed by atoms with Gasteiger partial charge in [0.05, 0.1) is 17.7 Å². The summed E-state index contributed by atoms with van der Waals surface area (Å²) in [6, 6.07) is 0. The fourth-order valence-corrected chi connectivity index (χ4v) is 5.12. The molecule has 0 spiro atoms. The predicted molar refractivity (Wildman–Crippen MR) is 89.4 cm³/mol. The largest absolute Gasteiger partial charge is 0.390 e. The summed E-state index contributed by atoms with van der Waals surface area (Å²) in [5, 5.41) is 12.8. The summed E-state index contributed by atoms with van der Waals surface area (Å²) in [5.74, 6) is 0.849. The number of imidazole rings is 1. The van der Waals surface area contributed by atoms with E-state index in [1.807, 2.05) is 27.1 Å². The van der Waals surface area contributed by atoms with Gasteiger partial charge in [-0.2, -0.15) is 0 Å². The van der Waals surface area contributed by atoms with Gasteiger partial charge in [-0.1, -0.05) is 13.3 Å². The third-order valence-electron chi connectivity index (χ3n) is 5.76. The number of aromatic nitrogens is 2. The van der Waals surface area contributed by atoms with Crippen molar-refractivity contribution < 1.29 is 9.90 Å². The van der Waals surface area contributed by atoms with Crippen molar-refractivity contribution in [2.75, 3.05) is 13.1 Å². The van der Waals surface area contributed by atoms with E-state index in [1.165, 1.54) is 0 Å². The van der Waals surface area contributed by atoms with E-state index in [1.54, 1.807) is 11.3 Å². The number of carbonyl (C=O) groups excluding carboxylic acids is 1. The summed E-state index contributed by atoms with van der Waals surface area (Å²) in [6.07, 6.45) is 8.14. The lowest BCUT2D eigenvalue weighted by Gasteiger charge is -2.40. The Morgan fingerprint density at radius 1 is 1.52 bits per heavy atom. The Labute approximate surface area is 139 Å². The van der Waals surface area contributed by atoms with Crippen molar-refractivity contribution in [3.8, 4) is 0 Å². The molecular formula is C17H23N3O2S. The van der Waals surface area contributed by atoms with Gasteiger partial charge < -0.3 is 10.0 Å². The molecule has 0 aromatic carbocycles. The van der Waals surface area contributed by atoms with Crippen LogP contribution in [0.2, 0.25) is 0 Å². The standard InChI is InChI=1S/C17H23N3O2S/c1-2-17(22)5-3-4-12-9-20(11-14(12)17)15(21)8-13-10-19-6-7-23-16(19)18-13/h6-7,10,12,14,22H,2-5,8-9,11H2,1H3/t12-,14+,17-/m0/s1. The molecule has 6 heteroatoms. The molecule has 1 aliphatic carbocycles. The zero-order valence-electron chi connectivity index (χ0n) is 13.4. The van der Waals surface area contributed by atoms with Gasteiger partial charge in [-0.25, -0.2) is 4.98 Å². The summed E-state index contributed by atoms with van der Waals surface area (Å²) < 4.78 is 1.97. The van der Waals surface area contributed by atoms with Crippen LogP contribution in [0, 0.1) is 11.8 Å². The van der Waals surface area contributed by atoms with Crippen LogP contribution in [0.25, 0.3) is 4.96 Å². The van der Waals surface area contributed by atoms with Crippen LogP contribution in [0.1, 0.15) is 38.3 Å². The number of hydrogen-bond donors (Lipinski definition) is 1. The van der Waals surface area contributed by atoms with Crippen molar-refractivity contribution in [1.82, 2.24) is 14.3 Å². The van der Waals surface area contributed by atoms with Gasteiger partial charge in [0, 0.05) is 36.8 Å². The van der Waals surface area contributed by atoms with E-state index in [9.17, 15) is 9.90 Å². The van der Waals surface area contributed by atoms with Crippen LogP contribution in [0.15, 0.2) is 17.8 Å². The summed E-state index contributed by atoms with van der Waals surface area (Å²) in [7, 11) is 0. The van der Waals surface area contributed by atoms with E-state index < -0.39 is 5.60 Å². The zero-order chi connectivity index (χ0) is 16.0. The Kier molecular flexibility index (Phi) is 3.69. The number of thiazole rings is 1. The molecule has 0 radical (unpaired) electrons. The van der Waals surface area contributed by atoms with Gasteiger partial charge in [-0.15, -0.1) is 11.3 Å². The molecule has 1 amide bonds. The van der Waals surface area contributed by atoms with Crippen LogP contribution < -0.4 is 0 Å². The molecule has 2 aliphatic rings. The van der Waals surface area contributed by atoms with Crippen LogP contribution in [0.3, 0.4) is 0 Å². The lowest BCUT2D eigenvalue weighted by Crippen LogP contribution is -2.44. The van der Waals surface area contributed by atoms with E-state index >= 15 is 0 Å². The zero-order valence-corrected chi connectivity index (χ0v) is 14.3. The van der Waals surface area contributed by atoms with E-state index in [0.717, 1.165) is 42.9 Å². The fraction of sp³-hybridized carbons (Fsp3) is 0.647. The highest BCUT2D eigenvalue weighted by Crippen LogP contribution is 2.44. The Bertz CT molecular complexity index is 696. The smallest absolute Gasteiger partial charge is 0.228 e. The number of rotatable bonds is 3. The average Bonchev–Trinajstić information content (AvgIpc) is 3.21. The normalized spacial score (nSPS) is 30.8. The minimum atomic E-state index is -0.574. The van der Waals surface area contributed by atoms with Gasteiger partial charge in [0.2, 0.25) is 5.91 Å². The maximum absolute atomic E-state index is 12.7. The van der Waals surface area contributed by atoms with Crippen LogP contribution in [0.5, 0.6) is 0 Å². The van der Waals surface area contributed by atoms with Gasteiger partial charge in [0.25, 0.3) is 0 Å². The Balaban J connectivity index is 1.46. The number of carbonyl (C=O) groups is 1. The number of amides is 1. The quantitative estimate of drug-likeness (QED) is 0.938. The number of nitrogens with zero attached hydrogens (tertiary/aromatic N) is 3. The molecule has 5 nitrogen and oxygen atoms in total. The van der Waals surface area contributed by atoms with Gasteiger partial charge in [-0.3, -0.25) is 9.20 Å². The first-order valence-electron chi connectivity index (χ1n) is 8.50. The average molecular weight is 333 g/mol. The second kappa shape index (κ2) is 5.60. The van der Waals surface area contributed by atoms with E-state index in [2.05, 4.69) is 11.9 Å². The Hall–Kier alpha value is -1.40. The van der Waals surface area contributed by atoms with Crippen LogP contribution in [-0.4, -0.2) is 44.0 Å². The fourth-order valence-electron chi connectivity index (χ4n) is 4.40. The third-order valence-corrected chi connectivity index (χ3v) is 6.53.